The van der Waals surface area contributed by atoms with Gasteiger partial charge in [-0.05, 0) is 105 Å². The molecule has 6 nitrogen and oxygen atoms in total. The van der Waals surface area contributed by atoms with Gasteiger partial charge in [-0.25, -0.2) is 0 Å². The molecule has 6 heteroatoms. The van der Waals surface area contributed by atoms with E-state index in [1.165, 1.54) is 24.0 Å². The average molecular weight is 549 g/mol. The van der Waals surface area contributed by atoms with Gasteiger partial charge in [0, 0.05) is 30.6 Å². The van der Waals surface area contributed by atoms with Crippen molar-refractivity contribution in [2.45, 2.75) is 90.0 Å². The molecule has 0 aliphatic heterocycles. The van der Waals surface area contributed by atoms with Crippen molar-refractivity contribution < 1.29 is 4.79 Å². The van der Waals surface area contributed by atoms with E-state index in [4.69, 9.17) is 5.73 Å². The maximum Gasteiger partial charge on any atom is 0.249 e. The Balaban J connectivity index is 2.06. The molecular weight excluding hydrogens is 496 g/mol. The van der Waals surface area contributed by atoms with E-state index in [9.17, 15) is 9.70 Å². The number of carbonyl (C=O) groups excluding carboxylic acids is 1. The van der Waals surface area contributed by atoms with Gasteiger partial charge in [0.1, 0.15) is 5.69 Å². The Morgan fingerprint density at radius 1 is 1.30 bits per heavy atom. The van der Waals surface area contributed by atoms with Crippen molar-refractivity contribution in [2.75, 3.05) is 33.2 Å². The zero-order valence-corrected chi connectivity index (χ0v) is 25.4. The molecule has 0 heterocycles. The summed E-state index contributed by atoms with van der Waals surface area (Å²) in [5.41, 5.74) is 9.78. The number of likely N-dealkylation sites (N-methyl/N-ethyl adjacent to an activating group) is 1. The molecule has 1 fully saturated rings. The third-order valence-electron chi connectivity index (χ3n) is 9.55. The number of fused-ring (bicyclic) bond motifs is 2. The second kappa shape index (κ2) is 15.4. The van der Waals surface area contributed by atoms with Crippen LogP contribution >= 0.6 is 0 Å². The van der Waals surface area contributed by atoms with Gasteiger partial charge in [-0.3, -0.25) is 4.79 Å². The van der Waals surface area contributed by atoms with Crippen molar-refractivity contribution >= 4 is 11.6 Å². The molecule has 2 aliphatic carbocycles. The highest BCUT2D eigenvalue weighted by atomic mass is 16.3. The van der Waals surface area contributed by atoms with Crippen molar-refractivity contribution in [1.29, 1.82) is 0 Å². The van der Waals surface area contributed by atoms with Crippen molar-refractivity contribution in [3.05, 3.63) is 70.7 Å². The fourth-order valence-electron chi connectivity index (χ4n) is 7.63. The number of nitrogens with two attached hydrogens (primary N) is 1. The number of nitrogens with zero attached hydrogens (tertiary/aromatic N) is 3. The first kappa shape index (κ1) is 32.0. The number of nitroso groups, excluding NO2 is 1. The van der Waals surface area contributed by atoms with E-state index in [0.717, 1.165) is 70.2 Å². The smallest absolute Gasteiger partial charge is 0.249 e. The summed E-state index contributed by atoms with van der Waals surface area (Å²) in [6.07, 6.45) is 17.0. The summed E-state index contributed by atoms with van der Waals surface area (Å²) < 4.78 is 0. The zero-order valence-electron chi connectivity index (χ0n) is 25.4. The molecule has 1 aromatic carbocycles. The quantitative estimate of drug-likeness (QED) is 0.145. The number of allylic oxidation sites excluding steroid dienone is 4. The molecule has 4 atom stereocenters. The molecule has 0 bridgehead atoms. The van der Waals surface area contributed by atoms with Crippen LogP contribution in [0.1, 0.15) is 83.3 Å². The fourth-order valence-corrected chi connectivity index (χ4v) is 7.63. The molecular formula is C34H52N4O2. The van der Waals surface area contributed by atoms with Crippen molar-refractivity contribution in [2.24, 2.45) is 22.7 Å². The lowest BCUT2D eigenvalue weighted by Gasteiger charge is -2.52. The number of benzene rings is 1. The molecule has 0 aromatic heterocycles. The summed E-state index contributed by atoms with van der Waals surface area (Å²) in [6, 6.07) is 6.23. The van der Waals surface area contributed by atoms with Crippen molar-refractivity contribution in [3.8, 4) is 0 Å². The van der Waals surface area contributed by atoms with E-state index < -0.39 is 0 Å². The number of rotatable bonds is 15. The molecule has 1 aromatic rings. The lowest BCUT2D eigenvalue weighted by molar-refractivity contribution is -0.130. The van der Waals surface area contributed by atoms with E-state index in [-0.39, 0.29) is 17.4 Å². The standard InChI is InChI=1S/C34H52N4O2/c1-6-9-10-11-16-26(4)33(39)37(5)32(15-7-2)30-17-12-13-20-34(30)28(25-38(8-3)22-14-21-35)23-27-18-19-29(36-40)24-31(27)34/h6,9-10,16,18-19,24,28,30,32H,1,7-8,11-15,17,20-23,25,35H2,2-5H3/b10-9-,26-16+. The van der Waals surface area contributed by atoms with Crippen LogP contribution in [0, 0.1) is 16.7 Å². The van der Waals surface area contributed by atoms with E-state index >= 15 is 0 Å². The van der Waals surface area contributed by atoms with Crippen LogP contribution < -0.4 is 5.73 Å². The van der Waals surface area contributed by atoms with E-state index in [2.05, 4.69) is 42.6 Å². The predicted octanol–water partition coefficient (Wildman–Crippen LogP) is 7.06. The van der Waals surface area contributed by atoms with Crippen LogP contribution in [0.4, 0.5) is 5.69 Å². The van der Waals surface area contributed by atoms with Crippen LogP contribution in [-0.2, 0) is 16.6 Å². The second-order valence-corrected chi connectivity index (χ2v) is 11.8. The monoisotopic (exact) mass is 548 g/mol. The van der Waals surface area contributed by atoms with Crippen LogP contribution in [-0.4, -0.2) is 55.0 Å². The number of hydrogen-bond acceptors (Lipinski definition) is 5. The van der Waals surface area contributed by atoms with E-state index in [1.807, 2.05) is 43.2 Å². The highest BCUT2D eigenvalue weighted by molar-refractivity contribution is 5.92. The molecule has 1 amide bonds. The number of amides is 1. The minimum atomic E-state index is -0.0802. The molecule has 2 N–H and O–H groups in total. The summed E-state index contributed by atoms with van der Waals surface area (Å²) >= 11 is 0. The average Bonchev–Trinajstić information content (AvgIpc) is 3.27. The molecule has 1 spiro atoms. The summed E-state index contributed by atoms with van der Waals surface area (Å²) in [5, 5.41) is 3.35. The molecule has 220 valence electrons. The highest BCUT2D eigenvalue weighted by Crippen LogP contribution is 2.57. The van der Waals surface area contributed by atoms with Crippen LogP contribution in [0.2, 0.25) is 0 Å². The Hall–Kier alpha value is -2.57. The highest BCUT2D eigenvalue weighted by Gasteiger charge is 2.55. The Bertz CT molecular complexity index is 1060. The van der Waals surface area contributed by atoms with Gasteiger partial charge in [0.05, 0.1) is 0 Å². The van der Waals surface area contributed by atoms with Gasteiger partial charge in [-0.2, -0.15) is 0 Å². The van der Waals surface area contributed by atoms with Crippen LogP contribution in [0.5, 0.6) is 0 Å². The third kappa shape index (κ3) is 7.01. The predicted molar refractivity (Wildman–Crippen MR) is 168 cm³/mol. The molecule has 4 unspecified atom stereocenters. The summed E-state index contributed by atoms with van der Waals surface area (Å²) in [7, 11) is 2.01. The molecule has 40 heavy (non-hydrogen) atoms. The summed E-state index contributed by atoms with van der Waals surface area (Å²) in [6.45, 7) is 13.8. The van der Waals surface area contributed by atoms with E-state index in [1.54, 1.807) is 6.08 Å². The maximum atomic E-state index is 13.8. The topological polar surface area (TPSA) is 79.0 Å². The fraction of sp³-hybridized carbons (Fsp3) is 0.618. The van der Waals surface area contributed by atoms with Gasteiger partial charge in [0.15, 0.2) is 0 Å². The summed E-state index contributed by atoms with van der Waals surface area (Å²) in [5.74, 6) is 0.864. The van der Waals surface area contributed by atoms with Gasteiger partial charge in [0.2, 0.25) is 5.91 Å². The third-order valence-corrected chi connectivity index (χ3v) is 9.55. The zero-order chi connectivity index (χ0) is 29.1. The second-order valence-electron chi connectivity index (χ2n) is 11.8. The Kier molecular flexibility index (Phi) is 12.3. The first-order valence-electron chi connectivity index (χ1n) is 15.5. The van der Waals surface area contributed by atoms with Crippen molar-refractivity contribution in [3.63, 3.8) is 0 Å². The minimum Gasteiger partial charge on any atom is -0.339 e. The molecule has 0 saturated heterocycles. The molecule has 1 saturated carbocycles. The first-order chi connectivity index (χ1) is 19.4. The number of carbonyl (C=O) groups is 1. The van der Waals surface area contributed by atoms with Gasteiger partial charge >= 0.3 is 0 Å². The van der Waals surface area contributed by atoms with Gasteiger partial charge in [0.25, 0.3) is 0 Å². The lowest BCUT2D eigenvalue weighted by atomic mass is 9.56. The van der Waals surface area contributed by atoms with Gasteiger partial charge < -0.3 is 15.5 Å². The van der Waals surface area contributed by atoms with Crippen molar-refractivity contribution in [1.82, 2.24) is 9.80 Å². The normalized spacial score (nSPS) is 23.5. The Labute approximate surface area is 242 Å². The maximum absolute atomic E-state index is 13.8. The molecule has 2 aliphatic rings. The molecule has 0 radical (unpaired) electrons. The molecule has 3 rings (SSSR count). The van der Waals surface area contributed by atoms with Gasteiger partial charge in [-0.15, -0.1) is 4.91 Å². The minimum absolute atomic E-state index is 0.0802. The van der Waals surface area contributed by atoms with Gasteiger partial charge in [-0.1, -0.05) is 70.1 Å². The summed E-state index contributed by atoms with van der Waals surface area (Å²) in [4.78, 5) is 30.1. The first-order valence-corrected chi connectivity index (χ1v) is 15.5. The lowest BCUT2D eigenvalue weighted by Crippen LogP contribution is -2.55. The number of hydrogen-bond donors (Lipinski definition) is 1. The SMILES string of the molecule is C=C/C=C\C/C=C(\C)C(=O)N(C)C(CCC)C1CCCCC12c1cc(N=O)ccc1CC2CN(CC)CCCN. The Morgan fingerprint density at radius 3 is 2.77 bits per heavy atom. The largest absolute Gasteiger partial charge is 0.339 e. The van der Waals surface area contributed by atoms with Crippen LogP contribution in [0.15, 0.2) is 59.8 Å². The van der Waals surface area contributed by atoms with E-state index in [0.29, 0.717) is 24.1 Å². The van der Waals surface area contributed by atoms with Crippen LogP contribution in [0.3, 0.4) is 0 Å². The van der Waals surface area contributed by atoms with Crippen LogP contribution in [0.25, 0.3) is 0 Å². The Morgan fingerprint density at radius 2 is 2.10 bits per heavy atom.